The molecule has 0 aromatic heterocycles. The van der Waals surface area contributed by atoms with Crippen LogP contribution in [-0.4, -0.2) is 49.4 Å². The maximum absolute atomic E-state index is 8.39. The second-order valence-corrected chi connectivity index (χ2v) is 0. The molecule has 0 rings (SSSR count). The Balaban J connectivity index is -0.0000000133. The first-order valence-corrected chi connectivity index (χ1v) is 3.58. The Hall–Kier alpha value is 2.11. The van der Waals surface area contributed by atoms with Crippen molar-refractivity contribution in [3.63, 3.8) is 0 Å². The average molecular weight is 560 g/mol. The molecule has 0 amide bonds. The predicted octanol–water partition coefficient (Wildman–Crippen LogP) is -1.54. The van der Waals surface area contributed by atoms with E-state index in [-0.39, 0.29) is 71.8 Å². The van der Waals surface area contributed by atoms with Gasteiger partial charge in [-0.2, -0.15) is 0 Å². The number of hydrogen-bond acceptors (Lipinski definition) is 2. The van der Waals surface area contributed by atoms with Crippen LogP contribution in [0.1, 0.15) is 0 Å². The molecule has 2 nitrogen and oxygen atoms in total. The summed E-state index contributed by atoms with van der Waals surface area (Å²) in [5.41, 5.74) is 0. The minimum absolute atomic E-state index is 0. The van der Waals surface area contributed by atoms with Gasteiger partial charge in [0.25, 0.3) is 0 Å². The predicted molar refractivity (Wildman–Crippen MR) is 15.7 cm³/mol. The summed E-state index contributed by atoms with van der Waals surface area (Å²) in [6.45, 7) is 0. The molecule has 0 saturated carbocycles. The third kappa shape index (κ3) is 23.2. The summed E-state index contributed by atoms with van der Waals surface area (Å²) in [4.78, 5) is 0. The van der Waals surface area contributed by atoms with Crippen LogP contribution in [0.15, 0.2) is 0 Å². The van der Waals surface area contributed by atoms with Crippen molar-refractivity contribution in [2.75, 3.05) is 0 Å². The van der Waals surface area contributed by atoms with Crippen molar-refractivity contribution in [3.05, 3.63) is 0 Å². The Bertz CT molecular complexity index is 9.61. The van der Waals surface area contributed by atoms with Gasteiger partial charge in [-0.1, -0.05) is 0 Å². The van der Waals surface area contributed by atoms with Gasteiger partial charge in [0.2, 0.25) is 0 Å². The average Bonchev–Trinajstić information content (AvgIpc) is 1.50. The van der Waals surface area contributed by atoms with Crippen LogP contribution in [0.2, 0.25) is 0 Å². The van der Waals surface area contributed by atoms with Gasteiger partial charge in [-0.15, -0.1) is 0 Å². The van der Waals surface area contributed by atoms with E-state index in [4.69, 9.17) is 5.63 Å². The van der Waals surface area contributed by atoms with Crippen molar-refractivity contribution in [1.82, 2.24) is 0 Å². The van der Waals surface area contributed by atoms with Crippen LogP contribution in [-0.2, 0) is 28.0 Å². The summed E-state index contributed by atoms with van der Waals surface area (Å²) in [7, 11) is 0. The van der Waals surface area contributed by atoms with Crippen molar-refractivity contribution in [2.45, 2.75) is 0 Å². The van der Waals surface area contributed by atoms with E-state index in [1.54, 1.807) is 0 Å². The van der Waals surface area contributed by atoms with Crippen LogP contribution >= 0.6 is 0 Å². The van der Waals surface area contributed by atoms with Crippen molar-refractivity contribution >= 4 is 49.4 Å². The van der Waals surface area contributed by atoms with Gasteiger partial charge in [0.15, 0.2) is 0 Å². The zero-order valence-corrected chi connectivity index (χ0v) is 11.4. The Labute approximate surface area is 76.2 Å². The first kappa shape index (κ1) is 15.7. The first-order valence-electron chi connectivity index (χ1n) is 0.408. The second-order valence-electron chi connectivity index (χ2n) is 0. The second kappa shape index (κ2) is 35.9. The fraction of sp³-hybridized carbons (Fsp3) is 0. The van der Waals surface area contributed by atoms with Gasteiger partial charge < -0.3 is 0 Å². The maximum atomic E-state index is 8.39. The molecule has 0 aliphatic rings. The summed E-state index contributed by atoms with van der Waals surface area (Å²) in [6, 6.07) is 0. The van der Waals surface area contributed by atoms with Crippen LogP contribution < -0.4 is 0 Å². The molecule has 0 bridgehead atoms. The van der Waals surface area contributed by atoms with Crippen molar-refractivity contribution in [1.29, 1.82) is 0 Å². The van der Waals surface area contributed by atoms with E-state index in [0.717, 1.165) is 0 Å². The monoisotopic (exact) mass is 559 g/mol. The SMILES string of the molecule is [Ag].[O]=[BiH].[O]=[BiH]. The van der Waals surface area contributed by atoms with Gasteiger partial charge in [0, 0.05) is 22.4 Å². The molecule has 0 heterocycles. The first-order chi connectivity index (χ1) is 2.00. The van der Waals surface area contributed by atoms with Crippen LogP contribution in [0.3, 0.4) is 0 Å². The van der Waals surface area contributed by atoms with Crippen LogP contribution in [0, 0.1) is 0 Å². The van der Waals surface area contributed by atoms with E-state index in [0.29, 0.717) is 0 Å². The van der Waals surface area contributed by atoms with E-state index in [9.17, 15) is 0 Å². The Kier molecular flexibility index (Phi) is 113. The van der Waals surface area contributed by atoms with Gasteiger partial charge in [-0.25, -0.2) is 0 Å². The third-order valence-electron chi connectivity index (χ3n) is 0. The molecule has 0 N–H and O–H groups in total. The van der Waals surface area contributed by atoms with Gasteiger partial charge in [0.05, 0.1) is 0 Å². The summed E-state index contributed by atoms with van der Waals surface area (Å²) in [5.74, 6) is 0. The number of rotatable bonds is 0. The molecule has 0 aromatic rings. The molecule has 0 saturated heterocycles. The van der Waals surface area contributed by atoms with E-state index in [1.807, 2.05) is 0 Å². The van der Waals surface area contributed by atoms with Crippen LogP contribution in [0.5, 0.6) is 0 Å². The molecule has 0 aliphatic carbocycles. The Morgan fingerprint density at radius 1 is 0.800 bits per heavy atom. The van der Waals surface area contributed by atoms with Gasteiger partial charge in [-0.3, -0.25) is 0 Å². The summed E-state index contributed by atoms with van der Waals surface area (Å²) < 4.78 is 16.8. The van der Waals surface area contributed by atoms with Crippen molar-refractivity contribution in [3.8, 4) is 0 Å². The fourth-order valence-corrected chi connectivity index (χ4v) is 0. The topological polar surface area (TPSA) is 34.1 Å². The number of hydrogen-bond donors (Lipinski definition) is 0. The van der Waals surface area contributed by atoms with E-state index >= 15 is 0 Å². The minimum atomic E-state index is 0. The van der Waals surface area contributed by atoms with Gasteiger partial charge in [-0.05, 0) is 0 Å². The molecule has 0 fully saturated rings. The quantitative estimate of drug-likeness (QED) is 0.338. The van der Waals surface area contributed by atoms with Crippen LogP contribution in [0.4, 0.5) is 0 Å². The molecule has 1 radical (unpaired) electrons. The molecule has 5 heavy (non-hydrogen) atoms. The Morgan fingerprint density at radius 3 is 0.800 bits per heavy atom. The molecular formula is H2AgBi2O2. The summed E-state index contributed by atoms with van der Waals surface area (Å²) in [5, 5.41) is 0. The van der Waals surface area contributed by atoms with E-state index < -0.39 is 0 Å². The summed E-state index contributed by atoms with van der Waals surface area (Å²) in [6.07, 6.45) is 0. The van der Waals surface area contributed by atoms with Gasteiger partial charge in [0.1, 0.15) is 0 Å². The molecule has 0 aliphatic heterocycles. The van der Waals surface area contributed by atoms with Crippen molar-refractivity contribution < 1.29 is 28.0 Å². The molecule has 35 valence electrons. The van der Waals surface area contributed by atoms with Crippen LogP contribution in [0.25, 0.3) is 0 Å². The van der Waals surface area contributed by atoms with E-state index in [1.165, 1.54) is 0 Å². The standard InChI is InChI=1S/Ag.2Bi.2O.2H. The molecule has 5 heteroatoms. The molecule has 0 spiro atoms. The zero-order chi connectivity index (χ0) is 4.00. The van der Waals surface area contributed by atoms with E-state index in [2.05, 4.69) is 0 Å². The third-order valence-corrected chi connectivity index (χ3v) is 0. The summed E-state index contributed by atoms with van der Waals surface area (Å²) >= 11 is 0.111. The van der Waals surface area contributed by atoms with Crippen molar-refractivity contribution in [2.24, 2.45) is 0 Å². The zero-order valence-electron chi connectivity index (χ0n) is 2.12. The molecular weight excluding hydrogens is 558 g/mol. The molecule has 0 unspecified atom stereocenters. The molecule has 0 aromatic carbocycles. The molecule has 0 atom stereocenters. The van der Waals surface area contributed by atoms with Gasteiger partial charge >= 0.3 is 55.1 Å². The normalized spacial score (nSPS) is 1.60. The fourth-order valence-electron chi connectivity index (χ4n) is 0. The Morgan fingerprint density at radius 2 is 0.800 bits per heavy atom.